The molecule has 2 nitrogen and oxygen atoms in total. The minimum absolute atomic E-state index is 0.0389. The quantitative estimate of drug-likeness (QED) is 0.790. The van der Waals surface area contributed by atoms with E-state index in [4.69, 9.17) is 5.73 Å². The molecule has 0 amide bonds. The largest absolute Gasteiger partial charge is 0.416 e. The lowest BCUT2D eigenvalue weighted by molar-refractivity contribution is -0.137. The molecule has 0 aromatic heterocycles. The maximum atomic E-state index is 13.3. The zero-order valence-corrected chi connectivity index (χ0v) is 8.89. The number of nitrogens with two attached hydrogens (primary N) is 1. The zero-order valence-electron chi connectivity index (χ0n) is 8.89. The van der Waals surface area contributed by atoms with E-state index in [2.05, 4.69) is 5.32 Å². The number of rotatable bonds is 2. The highest BCUT2D eigenvalue weighted by Crippen LogP contribution is 2.33. The van der Waals surface area contributed by atoms with Gasteiger partial charge in [-0.2, -0.15) is 13.2 Å². The summed E-state index contributed by atoms with van der Waals surface area (Å²) in [4.78, 5) is 0. The molecule has 1 aromatic carbocycles. The van der Waals surface area contributed by atoms with Crippen molar-refractivity contribution in [1.29, 1.82) is 0 Å². The molecule has 94 valence electrons. The van der Waals surface area contributed by atoms with E-state index < -0.39 is 17.6 Å². The Morgan fingerprint density at radius 2 is 1.88 bits per heavy atom. The molecule has 0 aliphatic heterocycles. The van der Waals surface area contributed by atoms with Crippen molar-refractivity contribution in [3.8, 4) is 0 Å². The maximum absolute atomic E-state index is 13.3. The Morgan fingerprint density at radius 3 is 2.41 bits per heavy atom. The third-order valence-electron chi connectivity index (χ3n) is 2.83. The molecule has 3 N–H and O–H groups in total. The average Bonchev–Trinajstić information content (AvgIpc) is 2.17. The number of anilines is 1. The van der Waals surface area contributed by atoms with Gasteiger partial charge in [0, 0.05) is 12.1 Å². The van der Waals surface area contributed by atoms with Gasteiger partial charge in [0.15, 0.2) is 0 Å². The summed E-state index contributed by atoms with van der Waals surface area (Å²) in [6.45, 7) is 0. The van der Waals surface area contributed by atoms with Crippen LogP contribution >= 0.6 is 0 Å². The van der Waals surface area contributed by atoms with Gasteiger partial charge in [-0.15, -0.1) is 0 Å². The third-order valence-corrected chi connectivity index (χ3v) is 2.83. The number of hydrogen-bond acceptors (Lipinski definition) is 2. The first-order valence-corrected chi connectivity index (χ1v) is 5.25. The molecule has 0 atom stereocenters. The lowest BCUT2D eigenvalue weighted by Crippen LogP contribution is -2.44. The van der Waals surface area contributed by atoms with Crippen molar-refractivity contribution in [2.24, 2.45) is 5.73 Å². The topological polar surface area (TPSA) is 38.0 Å². The Bertz CT molecular complexity index is 410. The first kappa shape index (κ1) is 12.2. The van der Waals surface area contributed by atoms with Crippen LogP contribution in [-0.4, -0.2) is 12.1 Å². The molecule has 1 aliphatic carbocycles. The van der Waals surface area contributed by atoms with Gasteiger partial charge in [-0.05, 0) is 31.0 Å². The Hall–Kier alpha value is -1.30. The van der Waals surface area contributed by atoms with E-state index >= 15 is 0 Å². The van der Waals surface area contributed by atoms with E-state index in [0.717, 1.165) is 18.2 Å². The van der Waals surface area contributed by atoms with Crippen LogP contribution in [0.15, 0.2) is 18.2 Å². The highest BCUT2D eigenvalue weighted by molar-refractivity contribution is 5.49. The summed E-state index contributed by atoms with van der Waals surface area (Å²) in [7, 11) is 0. The lowest BCUT2D eigenvalue weighted by atomic mass is 9.87. The summed E-state index contributed by atoms with van der Waals surface area (Å²) in [6, 6.07) is 2.36. The molecule has 1 saturated carbocycles. The second kappa shape index (κ2) is 4.18. The van der Waals surface area contributed by atoms with Crippen LogP contribution in [0.5, 0.6) is 0 Å². The maximum Gasteiger partial charge on any atom is 0.416 e. The van der Waals surface area contributed by atoms with Gasteiger partial charge in [0.2, 0.25) is 0 Å². The highest BCUT2D eigenvalue weighted by Gasteiger charge is 2.32. The van der Waals surface area contributed by atoms with Gasteiger partial charge in [-0.25, -0.2) is 4.39 Å². The summed E-state index contributed by atoms with van der Waals surface area (Å²) in [6.07, 6.45) is -3.16. The standard InChI is InChI=1S/C11H12F4N2/c12-9-2-1-6(11(13,14)15)3-10(9)17-8-4-7(16)5-8/h1-3,7-8,17H,4-5,16H2. The molecular formula is C11H12F4N2. The molecule has 0 bridgehead atoms. The second-order valence-corrected chi connectivity index (χ2v) is 4.27. The molecule has 0 saturated heterocycles. The average molecular weight is 248 g/mol. The fraction of sp³-hybridized carbons (Fsp3) is 0.455. The van der Waals surface area contributed by atoms with Crippen molar-refractivity contribution in [1.82, 2.24) is 0 Å². The minimum Gasteiger partial charge on any atom is -0.380 e. The molecule has 0 unspecified atom stereocenters. The molecule has 2 rings (SSSR count). The Kier molecular flexibility index (Phi) is 2.99. The van der Waals surface area contributed by atoms with Crippen molar-refractivity contribution in [2.75, 3.05) is 5.32 Å². The van der Waals surface area contributed by atoms with Gasteiger partial charge in [0.25, 0.3) is 0 Å². The third kappa shape index (κ3) is 2.69. The molecule has 1 aromatic rings. The summed E-state index contributed by atoms with van der Waals surface area (Å²) < 4.78 is 50.6. The van der Waals surface area contributed by atoms with Crippen LogP contribution in [0.2, 0.25) is 0 Å². The second-order valence-electron chi connectivity index (χ2n) is 4.27. The summed E-state index contributed by atoms with van der Waals surface area (Å²) in [5, 5.41) is 2.73. The molecule has 6 heteroatoms. The SMILES string of the molecule is NC1CC(Nc2cc(C(F)(F)F)ccc2F)C1. The van der Waals surface area contributed by atoms with Crippen molar-refractivity contribution >= 4 is 5.69 Å². The van der Waals surface area contributed by atoms with Crippen LogP contribution < -0.4 is 11.1 Å². The van der Waals surface area contributed by atoms with Gasteiger partial charge >= 0.3 is 6.18 Å². The van der Waals surface area contributed by atoms with Crippen LogP contribution in [0.3, 0.4) is 0 Å². The fourth-order valence-corrected chi connectivity index (χ4v) is 1.81. The molecule has 0 heterocycles. The van der Waals surface area contributed by atoms with Crippen LogP contribution in [0.25, 0.3) is 0 Å². The van der Waals surface area contributed by atoms with E-state index in [1.807, 2.05) is 0 Å². The highest BCUT2D eigenvalue weighted by atomic mass is 19.4. The molecule has 0 radical (unpaired) electrons. The summed E-state index contributed by atoms with van der Waals surface area (Å²) in [5.41, 5.74) is 4.58. The summed E-state index contributed by atoms with van der Waals surface area (Å²) >= 11 is 0. The fourth-order valence-electron chi connectivity index (χ4n) is 1.81. The normalized spacial score (nSPS) is 24.3. The summed E-state index contributed by atoms with van der Waals surface area (Å²) in [5.74, 6) is -0.682. The predicted molar refractivity (Wildman–Crippen MR) is 56.0 cm³/mol. The van der Waals surface area contributed by atoms with E-state index in [-0.39, 0.29) is 17.8 Å². The molecule has 0 spiro atoms. The van der Waals surface area contributed by atoms with Crippen LogP contribution in [0, 0.1) is 5.82 Å². The van der Waals surface area contributed by atoms with Crippen LogP contribution in [0.4, 0.5) is 23.2 Å². The van der Waals surface area contributed by atoms with Crippen molar-refractivity contribution in [3.63, 3.8) is 0 Å². The van der Waals surface area contributed by atoms with E-state index in [0.29, 0.717) is 12.8 Å². The number of alkyl halides is 3. The van der Waals surface area contributed by atoms with Crippen molar-refractivity contribution < 1.29 is 17.6 Å². The lowest BCUT2D eigenvalue weighted by Gasteiger charge is -2.34. The van der Waals surface area contributed by atoms with Gasteiger partial charge in [-0.3, -0.25) is 0 Å². The Labute approximate surface area is 95.8 Å². The van der Waals surface area contributed by atoms with Crippen LogP contribution in [-0.2, 0) is 6.18 Å². The minimum atomic E-state index is -4.46. The van der Waals surface area contributed by atoms with Crippen molar-refractivity contribution in [2.45, 2.75) is 31.1 Å². The predicted octanol–water partition coefficient (Wildman–Crippen LogP) is 2.75. The zero-order chi connectivity index (χ0) is 12.6. The smallest absolute Gasteiger partial charge is 0.380 e. The first-order valence-electron chi connectivity index (χ1n) is 5.25. The van der Waals surface area contributed by atoms with E-state index in [9.17, 15) is 17.6 Å². The monoisotopic (exact) mass is 248 g/mol. The Balaban J connectivity index is 2.15. The van der Waals surface area contributed by atoms with Gasteiger partial charge in [0.05, 0.1) is 11.3 Å². The number of halogens is 4. The molecule has 17 heavy (non-hydrogen) atoms. The van der Waals surface area contributed by atoms with E-state index in [1.165, 1.54) is 0 Å². The number of hydrogen-bond donors (Lipinski definition) is 2. The van der Waals surface area contributed by atoms with Gasteiger partial charge in [-0.1, -0.05) is 0 Å². The first-order chi connectivity index (χ1) is 7.86. The van der Waals surface area contributed by atoms with Gasteiger partial charge in [0.1, 0.15) is 5.82 Å². The van der Waals surface area contributed by atoms with Gasteiger partial charge < -0.3 is 11.1 Å². The van der Waals surface area contributed by atoms with Crippen LogP contribution in [0.1, 0.15) is 18.4 Å². The molecule has 1 aliphatic rings. The van der Waals surface area contributed by atoms with E-state index in [1.54, 1.807) is 0 Å². The molecule has 1 fully saturated rings. The Morgan fingerprint density at radius 1 is 1.24 bits per heavy atom. The number of nitrogens with one attached hydrogen (secondary N) is 1. The number of benzene rings is 1. The van der Waals surface area contributed by atoms with Crippen molar-refractivity contribution in [3.05, 3.63) is 29.6 Å². The molecular weight excluding hydrogens is 236 g/mol.